The molecule has 0 N–H and O–H groups in total. The summed E-state index contributed by atoms with van der Waals surface area (Å²) in [6.07, 6.45) is 6.27. The minimum Gasteiger partial charge on any atom is -0.497 e. The molecule has 1 aliphatic heterocycles. The standard InChI is InChI=1S/C39H46ClNO6/c1-38(2,3)47-37(43)28-10-16-36-34(21-28)41(24-39(25-46-36)18-5-6-27-20-30(40)11-15-33(27)39)22-29-9-14-32(29)35(17-19-42)45-23-26-7-12-31(44-4)13-8-26/h7-8,10-13,15-16,19-21,29,32,35H,5-6,9,14,17-18,22-25H2,1-4H3/t29-,32+,35?,39-/m0/s1. The SMILES string of the molecule is COc1ccc(COC(CC=O)[C@@H]2CC[C@H]2CN2C[C@@]3(CCCc4cc(Cl)ccc43)COc3ccc(C(=O)OC(C)(C)C)cc32)cc1. The van der Waals surface area contributed by atoms with Crippen LogP contribution in [0.1, 0.15) is 79.9 Å². The number of ether oxygens (including phenoxy) is 4. The van der Waals surface area contributed by atoms with Gasteiger partial charge in [-0.1, -0.05) is 29.8 Å². The van der Waals surface area contributed by atoms with Gasteiger partial charge in [0.2, 0.25) is 0 Å². The quantitative estimate of drug-likeness (QED) is 0.161. The van der Waals surface area contributed by atoms with Gasteiger partial charge >= 0.3 is 5.97 Å². The summed E-state index contributed by atoms with van der Waals surface area (Å²) >= 11 is 6.45. The summed E-state index contributed by atoms with van der Waals surface area (Å²) in [6.45, 7) is 8.14. The minimum absolute atomic E-state index is 0.171. The molecule has 3 aromatic rings. The molecule has 0 amide bonds. The number of aryl methyl sites for hydroxylation is 1. The summed E-state index contributed by atoms with van der Waals surface area (Å²) < 4.78 is 24.1. The van der Waals surface area contributed by atoms with Crippen LogP contribution in [-0.2, 0) is 32.7 Å². The number of aldehydes is 1. The number of carbonyl (C=O) groups is 2. The predicted molar refractivity (Wildman–Crippen MR) is 184 cm³/mol. The number of benzene rings is 3. The van der Waals surface area contributed by atoms with Crippen molar-refractivity contribution in [1.82, 2.24) is 0 Å². The lowest BCUT2D eigenvalue weighted by molar-refractivity contribution is -0.114. The fourth-order valence-electron chi connectivity index (χ4n) is 7.56. The number of hydrogen-bond donors (Lipinski definition) is 0. The van der Waals surface area contributed by atoms with Gasteiger partial charge in [-0.05, 0) is 124 Å². The number of hydrogen-bond acceptors (Lipinski definition) is 7. The van der Waals surface area contributed by atoms with Crippen molar-refractivity contribution in [3.63, 3.8) is 0 Å². The second-order valence-electron chi connectivity index (χ2n) is 14.4. The molecule has 47 heavy (non-hydrogen) atoms. The molecule has 6 rings (SSSR count). The third kappa shape index (κ3) is 7.47. The third-order valence-electron chi connectivity index (χ3n) is 10.0. The van der Waals surface area contributed by atoms with Crippen molar-refractivity contribution >= 4 is 29.5 Å². The van der Waals surface area contributed by atoms with Crippen molar-refractivity contribution in [1.29, 1.82) is 0 Å². The topological polar surface area (TPSA) is 74.3 Å². The molecule has 1 saturated carbocycles. The molecular formula is C39H46ClNO6. The van der Waals surface area contributed by atoms with Crippen LogP contribution in [0.2, 0.25) is 5.02 Å². The van der Waals surface area contributed by atoms with Gasteiger partial charge in [0, 0.05) is 29.9 Å². The van der Waals surface area contributed by atoms with E-state index >= 15 is 0 Å². The van der Waals surface area contributed by atoms with Crippen LogP contribution in [0.3, 0.4) is 0 Å². The van der Waals surface area contributed by atoms with E-state index in [4.69, 9.17) is 30.5 Å². The van der Waals surface area contributed by atoms with Crippen LogP contribution in [0.25, 0.3) is 0 Å². The molecule has 4 atom stereocenters. The van der Waals surface area contributed by atoms with Crippen molar-refractivity contribution in [2.24, 2.45) is 11.8 Å². The van der Waals surface area contributed by atoms with Gasteiger partial charge in [-0.2, -0.15) is 0 Å². The van der Waals surface area contributed by atoms with Gasteiger partial charge in [-0.3, -0.25) is 0 Å². The monoisotopic (exact) mass is 659 g/mol. The van der Waals surface area contributed by atoms with Gasteiger partial charge in [0.1, 0.15) is 23.4 Å². The first-order valence-corrected chi connectivity index (χ1v) is 17.2. The number of anilines is 1. The molecule has 0 saturated heterocycles. The zero-order valence-electron chi connectivity index (χ0n) is 27.9. The second kappa shape index (κ2) is 13.9. The third-order valence-corrected chi connectivity index (χ3v) is 10.3. The van der Waals surface area contributed by atoms with Crippen LogP contribution >= 0.6 is 11.6 Å². The molecule has 1 unspecified atom stereocenters. The van der Waals surface area contributed by atoms with Gasteiger partial charge in [-0.25, -0.2) is 4.79 Å². The Morgan fingerprint density at radius 2 is 1.91 bits per heavy atom. The molecule has 250 valence electrons. The first-order valence-electron chi connectivity index (χ1n) is 16.8. The van der Waals surface area contributed by atoms with Crippen molar-refractivity contribution in [2.45, 2.75) is 83.0 Å². The van der Waals surface area contributed by atoms with Crippen molar-refractivity contribution < 1.29 is 28.5 Å². The largest absolute Gasteiger partial charge is 0.497 e. The van der Waals surface area contributed by atoms with E-state index in [1.807, 2.05) is 63.2 Å². The van der Waals surface area contributed by atoms with Gasteiger partial charge in [-0.15, -0.1) is 0 Å². The Labute approximate surface area is 283 Å². The Kier molecular flexibility index (Phi) is 9.86. The maximum Gasteiger partial charge on any atom is 0.338 e. The number of nitrogens with zero attached hydrogens (tertiary/aromatic N) is 1. The van der Waals surface area contributed by atoms with Crippen LogP contribution in [0.4, 0.5) is 5.69 Å². The second-order valence-corrected chi connectivity index (χ2v) is 14.8. The Morgan fingerprint density at radius 3 is 2.62 bits per heavy atom. The fourth-order valence-corrected chi connectivity index (χ4v) is 7.75. The lowest BCUT2D eigenvalue weighted by Crippen LogP contribution is -2.50. The zero-order chi connectivity index (χ0) is 33.2. The highest BCUT2D eigenvalue weighted by Gasteiger charge is 2.44. The Bertz CT molecular complexity index is 1580. The van der Waals surface area contributed by atoms with E-state index in [0.717, 1.165) is 79.3 Å². The molecule has 1 fully saturated rings. The van der Waals surface area contributed by atoms with Crippen molar-refractivity contribution in [3.8, 4) is 11.5 Å². The molecule has 7 nitrogen and oxygen atoms in total. The molecule has 8 heteroatoms. The lowest BCUT2D eigenvalue weighted by Gasteiger charge is -2.46. The number of esters is 1. The van der Waals surface area contributed by atoms with Crippen molar-refractivity contribution in [2.75, 3.05) is 31.7 Å². The average Bonchev–Trinajstić information content (AvgIpc) is 3.18. The highest BCUT2D eigenvalue weighted by Crippen LogP contribution is 2.47. The Balaban J connectivity index is 1.29. The summed E-state index contributed by atoms with van der Waals surface area (Å²) in [7, 11) is 1.65. The summed E-state index contributed by atoms with van der Waals surface area (Å²) in [4.78, 5) is 27.5. The first kappa shape index (κ1) is 33.4. The molecule has 1 heterocycles. The van der Waals surface area contributed by atoms with Crippen LogP contribution in [-0.4, -0.2) is 50.8 Å². The van der Waals surface area contributed by atoms with Gasteiger partial charge in [0.15, 0.2) is 0 Å². The summed E-state index contributed by atoms with van der Waals surface area (Å²) in [5, 5.41) is 0.755. The Hall–Kier alpha value is -3.55. The molecule has 0 aromatic heterocycles. The maximum atomic E-state index is 13.2. The van der Waals surface area contributed by atoms with E-state index in [-0.39, 0.29) is 23.4 Å². The number of methoxy groups -OCH3 is 1. The van der Waals surface area contributed by atoms with E-state index in [1.54, 1.807) is 13.2 Å². The average molecular weight is 660 g/mol. The van der Waals surface area contributed by atoms with Crippen LogP contribution in [0, 0.1) is 11.8 Å². The summed E-state index contributed by atoms with van der Waals surface area (Å²) in [5.74, 6) is 1.78. The highest BCUT2D eigenvalue weighted by molar-refractivity contribution is 6.30. The van der Waals surface area contributed by atoms with E-state index in [0.29, 0.717) is 31.1 Å². The van der Waals surface area contributed by atoms with Crippen molar-refractivity contribution in [3.05, 3.63) is 87.9 Å². The Morgan fingerprint density at radius 1 is 1.11 bits per heavy atom. The molecule has 3 aromatic carbocycles. The highest BCUT2D eigenvalue weighted by atomic mass is 35.5. The van der Waals surface area contributed by atoms with Gasteiger partial charge in [0.05, 0.1) is 37.7 Å². The number of halogens is 1. The normalized spacial score (nSPS) is 22.6. The fraction of sp³-hybridized carbons (Fsp3) is 0.487. The number of rotatable bonds is 10. The van der Waals surface area contributed by atoms with Gasteiger partial charge < -0.3 is 28.6 Å². The summed E-state index contributed by atoms with van der Waals surface area (Å²) in [6, 6.07) is 19.8. The number of fused-ring (bicyclic) bond motifs is 3. The van der Waals surface area contributed by atoms with Crippen LogP contribution < -0.4 is 14.4 Å². The molecule has 2 aliphatic carbocycles. The van der Waals surface area contributed by atoms with E-state index in [2.05, 4.69) is 17.0 Å². The minimum atomic E-state index is -0.601. The molecule has 1 spiro atoms. The predicted octanol–water partition coefficient (Wildman–Crippen LogP) is 7.98. The maximum absolute atomic E-state index is 13.2. The van der Waals surface area contributed by atoms with Crippen LogP contribution in [0.5, 0.6) is 11.5 Å². The first-order chi connectivity index (χ1) is 22.6. The lowest BCUT2D eigenvalue weighted by atomic mass is 9.68. The summed E-state index contributed by atoms with van der Waals surface area (Å²) in [5.41, 5.74) is 4.21. The molecule has 0 bridgehead atoms. The molecule has 3 aliphatic rings. The van der Waals surface area contributed by atoms with Gasteiger partial charge in [0.25, 0.3) is 0 Å². The van der Waals surface area contributed by atoms with Crippen LogP contribution in [0.15, 0.2) is 60.7 Å². The van der Waals surface area contributed by atoms with E-state index in [1.165, 1.54) is 11.1 Å². The molecule has 0 radical (unpaired) electrons. The number of carbonyl (C=O) groups excluding carboxylic acids is 2. The molecular weight excluding hydrogens is 614 g/mol. The smallest absolute Gasteiger partial charge is 0.338 e. The van der Waals surface area contributed by atoms with E-state index in [9.17, 15) is 9.59 Å². The zero-order valence-corrected chi connectivity index (χ0v) is 28.7. The van der Waals surface area contributed by atoms with E-state index < -0.39 is 5.60 Å².